The Hall–Kier alpha value is -2.57. The first-order valence-electron chi connectivity index (χ1n) is 7.57. The number of amides is 2. The topological polar surface area (TPSA) is 95.9 Å². The fraction of sp³-hybridized carbons (Fsp3) is 0.438. The number of piperidine rings is 1. The van der Waals surface area contributed by atoms with Crippen molar-refractivity contribution >= 4 is 18.0 Å². The van der Waals surface area contributed by atoms with Crippen LogP contribution >= 0.6 is 0 Å². The zero-order valence-electron chi connectivity index (χ0n) is 12.9. The van der Waals surface area contributed by atoms with Gasteiger partial charge >= 0.3 is 12.1 Å². The lowest BCUT2D eigenvalue weighted by atomic mass is 10.0. The van der Waals surface area contributed by atoms with Gasteiger partial charge in [-0.15, -0.1) is 0 Å². The van der Waals surface area contributed by atoms with E-state index in [-0.39, 0.29) is 23.1 Å². The van der Waals surface area contributed by atoms with Gasteiger partial charge in [0.15, 0.2) is 0 Å². The zero-order valence-corrected chi connectivity index (χ0v) is 12.9. The van der Waals surface area contributed by atoms with Gasteiger partial charge in [-0.05, 0) is 31.9 Å². The van der Waals surface area contributed by atoms with Crippen molar-refractivity contribution in [2.24, 2.45) is 0 Å². The standard InChI is InChI=1S/C16H20N2O5/c1-2-23-16(22)17-11-7-9-18(10-8-11)14(19)12-5-3-4-6-13(12)15(20)21/h3-6,11H,2,7-10H2,1H3,(H,17,22)(H,20,21). The molecule has 2 rings (SSSR count). The van der Waals surface area contributed by atoms with E-state index in [2.05, 4.69) is 5.32 Å². The fourth-order valence-corrected chi connectivity index (χ4v) is 2.59. The van der Waals surface area contributed by atoms with Crippen molar-refractivity contribution < 1.29 is 24.2 Å². The first kappa shape index (κ1) is 16.8. The number of nitrogens with one attached hydrogen (secondary N) is 1. The SMILES string of the molecule is CCOC(=O)NC1CCN(C(=O)c2ccccc2C(=O)O)CC1. The molecular weight excluding hydrogens is 300 g/mol. The molecule has 0 aliphatic carbocycles. The Kier molecular flexibility index (Phi) is 5.56. The number of benzene rings is 1. The molecule has 0 atom stereocenters. The number of nitrogens with zero attached hydrogens (tertiary/aromatic N) is 1. The summed E-state index contributed by atoms with van der Waals surface area (Å²) in [6, 6.07) is 6.15. The molecule has 1 aliphatic rings. The van der Waals surface area contributed by atoms with Gasteiger partial charge in [0, 0.05) is 19.1 Å². The molecule has 0 unspecified atom stereocenters. The number of hydrogen-bond acceptors (Lipinski definition) is 4. The third-order valence-corrected chi connectivity index (χ3v) is 3.77. The lowest BCUT2D eigenvalue weighted by molar-refractivity contribution is 0.0656. The van der Waals surface area contributed by atoms with Crippen molar-refractivity contribution in [3.63, 3.8) is 0 Å². The summed E-state index contributed by atoms with van der Waals surface area (Å²) in [6.45, 7) is 2.98. The van der Waals surface area contributed by atoms with Crippen molar-refractivity contribution in [2.45, 2.75) is 25.8 Å². The van der Waals surface area contributed by atoms with E-state index in [1.807, 2.05) is 0 Å². The minimum absolute atomic E-state index is 0.00396. The van der Waals surface area contributed by atoms with Crippen LogP contribution in [0.1, 0.15) is 40.5 Å². The number of carbonyl (C=O) groups is 3. The minimum atomic E-state index is -1.12. The number of hydrogen-bond donors (Lipinski definition) is 2. The monoisotopic (exact) mass is 320 g/mol. The smallest absolute Gasteiger partial charge is 0.407 e. The van der Waals surface area contributed by atoms with E-state index in [4.69, 9.17) is 4.74 Å². The summed E-state index contributed by atoms with van der Waals surface area (Å²) in [7, 11) is 0. The Labute approximate surface area is 134 Å². The van der Waals surface area contributed by atoms with E-state index < -0.39 is 12.1 Å². The predicted octanol–water partition coefficient (Wildman–Crippen LogP) is 1.74. The van der Waals surface area contributed by atoms with Crippen molar-refractivity contribution in [2.75, 3.05) is 19.7 Å². The fourth-order valence-electron chi connectivity index (χ4n) is 2.59. The largest absolute Gasteiger partial charge is 0.478 e. The second-order valence-electron chi connectivity index (χ2n) is 5.28. The third-order valence-electron chi connectivity index (χ3n) is 3.77. The van der Waals surface area contributed by atoms with E-state index in [0.29, 0.717) is 32.5 Å². The molecule has 1 heterocycles. The van der Waals surface area contributed by atoms with E-state index in [9.17, 15) is 19.5 Å². The van der Waals surface area contributed by atoms with Crippen LogP contribution in [0.25, 0.3) is 0 Å². The Morgan fingerprint density at radius 1 is 1.22 bits per heavy atom. The summed E-state index contributed by atoms with van der Waals surface area (Å²) >= 11 is 0. The molecule has 0 bridgehead atoms. The van der Waals surface area contributed by atoms with Crippen LogP contribution < -0.4 is 5.32 Å². The van der Waals surface area contributed by atoms with Gasteiger partial charge in [0.25, 0.3) is 5.91 Å². The van der Waals surface area contributed by atoms with Crippen LogP contribution in [0.4, 0.5) is 4.79 Å². The van der Waals surface area contributed by atoms with Crippen LogP contribution in [0.2, 0.25) is 0 Å². The summed E-state index contributed by atoms with van der Waals surface area (Å²) in [5.74, 6) is -1.41. The number of carboxylic acids is 1. The molecule has 1 aromatic carbocycles. The van der Waals surface area contributed by atoms with Gasteiger partial charge in [0.1, 0.15) is 0 Å². The van der Waals surface area contributed by atoms with Crippen molar-refractivity contribution in [3.8, 4) is 0 Å². The summed E-state index contributed by atoms with van der Waals surface area (Å²) in [6.07, 6.45) is 0.771. The van der Waals surface area contributed by atoms with E-state index in [1.54, 1.807) is 24.0 Å². The Morgan fingerprint density at radius 3 is 2.39 bits per heavy atom. The van der Waals surface area contributed by atoms with Crippen molar-refractivity contribution in [3.05, 3.63) is 35.4 Å². The molecule has 2 amide bonds. The highest BCUT2D eigenvalue weighted by atomic mass is 16.5. The lowest BCUT2D eigenvalue weighted by Gasteiger charge is -2.32. The molecule has 7 heteroatoms. The zero-order chi connectivity index (χ0) is 16.8. The Bertz CT molecular complexity index is 594. The molecule has 1 aromatic rings. The number of ether oxygens (including phenoxy) is 1. The molecule has 0 aromatic heterocycles. The van der Waals surface area contributed by atoms with Gasteiger partial charge in [-0.1, -0.05) is 12.1 Å². The average Bonchev–Trinajstić information content (AvgIpc) is 2.55. The molecule has 124 valence electrons. The van der Waals surface area contributed by atoms with Crippen LogP contribution in [0.15, 0.2) is 24.3 Å². The van der Waals surface area contributed by atoms with Gasteiger partial charge in [0.2, 0.25) is 0 Å². The maximum Gasteiger partial charge on any atom is 0.407 e. The molecule has 2 N–H and O–H groups in total. The van der Waals surface area contributed by atoms with Crippen LogP contribution in [-0.4, -0.2) is 53.7 Å². The molecule has 23 heavy (non-hydrogen) atoms. The van der Waals surface area contributed by atoms with E-state index >= 15 is 0 Å². The van der Waals surface area contributed by atoms with Crippen molar-refractivity contribution in [1.82, 2.24) is 10.2 Å². The normalized spacial score (nSPS) is 15.1. The maximum atomic E-state index is 12.5. The molecule has 0 radical (unpaired) electrons. The van der Waals surface area contributed by atoms with Gasteiger partial charge in [0.05, 0.1) is 17.7 Å². The number of rotatable bonds is 4. The van der Waals surface area contributed by atoms with Gasteiger partial charge < -0.3 is 20.1 Å². The molecule has 0 spiro atoms. The van der Waals surface area contributed by atoms with Crippen LogP contribution in [-0.2, 0) is 4.74 Å². The van der Waals surface area contributed by atoms with E-state index in [1.165, 1.54) is 12.1 Å². The highest BCUT2D eigenvalue weighted by molar-refractivity contribution is 6.04. The first-order valence-corrected chi connectivity index (χ1v) is 7.57. The summed E-state index contributed by atoms with van der Waals surface area (Å²) < 4.78 is 4.83. The third kappa shape index (κ3) is 4.21. The average molecular weight is 320 g/mol. The summed E-state index contributed by atoms with van der Waals surface area (Å²) in [4.78, 5) is 36.7. The number of likely N-dealkylation sites (tertiary alicyclic amines) is 1. The molecule has 7 nitrogen and oxygen atoms in total. The van der Waals surface area contributed by atoms with E-state index in [0.717, 1.165) is 0 Å². The number of carbonyl (C=O) groups excluding carboxylic acids is 2. The second kappa shape index (κ2) is 7.62. The Morgan fingerprint density at radius 2 is 1.83 bits per heavy atom. The first-order chi connectivity index (χ1) is 11.0. The summed E-state index contributed by atoms with van der Waals surface area (Å²) in [5.41, 5.74) is 0.195. The van der Waals surface area contributed by atoms with Gasteiger partial charge in [-0.3, -0.25) is 4.79 Å². The summed E-state index contributed by atoms with van der Waals surface area (Å²) in [5, 5.41) is 11.9. The highest BCUT2D eigenvalue weighted by Gasteiger charge is 2.27. The molecule has 1 aliphatic heterocycles. The van der Waals surface area contributed by atoms with Gasteiger partial charge in [-0.25, -0.2) is 9.59 Å². The predicted molar refractivity (Wildman–Crippen MR) is 82.5 cm³/mol. The van der Waals surface area contributed by atoms with Crippen molar-refractivity contribution in [1.29, 1.82) is 0 Å². The van der Waals surface area contributed by atoms with Crippen LogP contribution in [0.5, 0.6) is 0 Å². The molecular formula is C16H20N2O5. The number of carboxylic acid groups (broad SMARTS) is 1. The van der Waals surface area contributed by atoms with Crippen LogP contribution in [0, 0.1) is 0 Å². The lowest BCUT2D eigenvalue weighted by Crippen LogP contribution is -2.46. The van der Waals surface area contributed by atoms with Crippen LogP contribution in [0.3, 0.4) is 0 Å². The highest BCUT2D eigenvalue weighted by Crippen LogP contribution is 2.17. The molecule has 0 saturated carbocycles. The Balaban J connectivity index is 1.96. The maximum absolute atomic E-state index is 12.5. The molecule has 1 saturated heterocycles. The quantitative estimate of drug-likeness (QED) is 0.881. The van der Waals surface area contributed by atoms with Gasteiger partial charge in [-0.2, -0.15) is 0 Å². The minimum Gasteiger partial charge on any atom is -0.478 e. The second-order valence-corrected chi connectivity index (χ2v) is 5.28. The number of alkyl carbamates (subject to hydrolysis) is 1. The molecule has 1 fully saturated rings. The number of aromatic carboxylic acids is 1.